The second-order valence-corrected chi connectivity index (χ2v) is 6.66. The van der Waals surface area contributed by atoms with E-state index in [0.717, 1.165) is 16.7 Å². The van der Waals surface area contributed by atoms with E-state index in [0.29, 0.717) is 12.1 Å². The second-order valence-electron chi connectivity index (χ2n) is 6.66. The molecule has 0 aliphatic carbocycles. The van der Waals surface area contributed by atoms with Crippen LogP contribution in [0.5, 0.6) is 0 Å². The number of hydroxylamine groups is 1. The standard InChI is InChI=1S/C23H20FNO3/c1-27-23(26)22-15-21(25(28-22)20-13-11-19(24)12-14-20)18-9-7-17(8-10-18)16-5-3-2-4-6-16/h2-14,21-22H,15H2,1H3. The zero-order valence-corrected chi connectivity index (χ0v) is 15.4. The molecule has 1 saturated heterocycles. The van der Waals surface area contributed by atoms with Crippen molar-refractivity contribution in [1.82, 2.24) is 0 Å². The highest BCUT2D eigenvalue weighted by atomic mass is 19.1. The van der Waals surface area contributed by atoms with E-state index in [1.807, 2.05) is 30.3 Å². The molecule has 2 unspecified atom stereocenters. The zero-order chi connectivity index (χ0) is 19.5. The predicted molar refractivity (Wildman–Crippen MR) is 105 cm³/mol. The largest absolute Gasteiger partial charge is 0.467 e. The summed E-state index contributed by atoms with van der Waals surface area (Å²) in [5.74, 6) is -0.744. The Morgan fingerprint density at radius 2 is 1.61 bits per heavy atom. The number of halogens is 1. The van der Waals surface area contributed by atoms with Crippen molar-refractivity contribution in [3.8, 4) is 11.1 Å². The van der Waals surface area contributed by atoms with Gasteiger partial charge in [0, 0.05) is 6.42 Å². The van der Waals surface area contributed by atoms with Crippen LogP contribution in [0.15, 0.2) is 78.9 Å². The molecule has 0 bridgehead atoms. The first-order chi connectivity index (χ1) is 13.7. The maximum Gasteiger partial charge on any atom is 0.337 e. The van der Waals surface area contributed by atoms with Crippen LogP contribution in [0, 0.1) is 5.82 Å². The Morgan fingerprint density at radius 1 is 0.964 bits per heavy atom. The number of hydrogen-bond donors (Lipinski definition) is 0. The van der Waals surface area contributed by atoms with E-state index in [-0.39, 0.29) is 11.9 Å². The topological polar surface area (TPSA) is 38.8 Å². The third-order valence-electron chi connectivity index (χ3n) is 4.91. The Labute approximate surface area is 163 Å². The van der Waals surface area contributed by atoms with Crippen molar-refractivity contribution in [2.75, 3.05) is 12.2 Å². The summed E-state index contributed by atoms with van der Waals surface area (Å²) in [4.78, 5) is 17.9. The van der Waals surface area contributed by atoms with Crippen LogP contribution >= 0.6 is 0 Å². The van der Waals surface area contributed by atoms with E-state index >= 15 is 0 Å². The van der Waals surface area contributed by atoms with Gasteiger partial charge in [-0.05, 0) is 41.0 Å². The van der Waals surface area contributed by atoms with Gasteiger partial charge in [-0.25, -0.2) is 14.2 Å². The van der Waals surface area contributed by atoms with Crippen molar-refractivity contribution in [2.45, 2.75) is 18.6 Å². The minimum atomic E-state index is -0.700. The monoisotopic (exact) mass is 377 g/mol. The highest BCUT2D eigenvalue weighted by Crippen LogP contribution is 2.39. The molecule has 0 N–H and O–H groups in total. The fourth-order valence-electron chi connectivity index (χ4n) is 3.45. The number of ether oxygens (including phenoxy) is 1. The van der Waals surface area contributed by atoms with Crippen LogP contribution in [0.4, 0.5) is 10.1 Å². The van der Waals surface area contributed by atoms with Crippen LogP contribution in [0.3, 0.4) is 0 Å². The molecule has 0 saturated carbocycles. The first-order valence-electron chi connectivity index (χ1n) is 9.10. The molecular weight excluding hydrogens is 357 g/mol. The molecule has 3 aromatic rings. The van der Waals surface area contributed by atoms with Gasteiger partial charge in [0.2, 0.25) is 0 Å². The Morgan fingerprint density at radius 3 is 2.25 bits per heavy atom. The Kier molecular flexibility index (Phi) is 5.08. The predicted octanol–water partition coefficient (Wildman–Crippen LogP) is 4.92. The highest BCUT2D eigenvalue weighted by Gasteiger charge is 2.39. The SMILES string of the molecule is COC(=O)C1CC(c2ccc(-c3ccccc3)cc2)N(c2ccc(F)cc2)O1. The quantitative estimate of drug-likeness (QED) is 0.605. The minimum absolute atomic E-state index is 0.181. The molecular formula is C23H20FNO3. The van der Waals surface area contributed by atoms with Crippen LogP contribution < -0.4 is 5.06 Å². The van der Waals surface area contributed by atoms with Crippen molar-refractivity contribution < 1.29 is 18.8 Å². The summed E-state index contributed by atoms with van der Waals surface area (Å²) in [7, 11) is 1.34. The van der Waals surface area contributed by atoms with Gasteiger partial charge in [-0.1, -0.05) is 54.6 Å². The number of carbonyl (C=O) groups excluding carboxylic acids is 1. The van der Waals surface area contributed by atoms with Gasteiger partial charge in [0.15, 0.2) is 6.10 Å². The fourth-order valence-corrected chi connectivity index (χ4v) is 3.45. The lowest BCUT2D eigenvalue weighted by atomic mass is 9.97. The van der Waals surface area contributed by atoms with Crippen molar-refractivity contribution in [2.24, 2.45) is 0 Å². The molecule has 1 heterocycles. The van der Waals surface area contributed by atoms with E-state index in [2.05, 4.69) is 24.3 Å². The molecule has 3 aromatic carbocycles. The lowest BCUT2D eigenvalue weighted by molar-refractivity contribution is -0.151. The van der Waals surface area contributed by atoms with Gasteiger partial charge in [-0.15, -0.1) is 0 Å². The molecule has 0 amide bonds. The summed E-state index contributed by atoms with van der Waals surface area (Å²) in [6, 6.07) is 24.1. The average Bonchev–Trinajstić information content (AvgIpc) is 3.20. The van der Waals surface area contributed by atoms with Gasteiger partial charge < -0.3 is 4.74 Å². The summed E-state index contributed by atoms with van der Waals surface area (Å²) >= 11 is 0. The second kappa shape index (κ2) is 7.82. The summed E-state index contributed by atoms with van der Waals surface area (Å²) in [6.07, 6.45) is -0.247. The average molecular weight is 377 g/mol. The third-order valence-corrected chi connectivity index (χ3v) is 4.91. The summed E-state index contributed by atoms with van der Waals surface area (Å²) in [6.45, 7) is 0. The first kappa shape index (κ1) is 18.2. The minimum Gasteiger partial charge on any atom is -0.467 e. The number of esters is 1. The molecule has 0 spiro atoms. The molecule has 1 aliphatic rings. The first-order valence-corrected chi connectivity index (χ1v) is 9.10. The smallest absolute Gasteiger partial charge is 0.337 e. The lowest BCUT2D eigenvalue weighted by Gasteiger charge is -2.25. The van der Waals surface area contributed by atoms with Crippen LogP contribution in [0.1, 0.15) is 18.0 Å². The Hall–Kier alpha value is -3.18. The number of carbonyl (C=O) groups is 1. The number of rotatable bonds is 4. The zero-order valence-electron chi connectivity index (χ0n) is 15.4. The molecule has 2 atom stereocenters. The van der Waals surface area contributed by atoms with Gasteiger partial charge >= 0.3 is 5.97 Å². The van der Waals surface area contributed by atoms with Gasteiger partial charge in [0.05, 0.1) is 18.8 Å². The molecule has 4 rings (SSSR count). The lowest BCUT2D eigenvalue weighted by Crippen LogP contribution is -2.25. The molecule has 5 heteroatoms. The summed E-state index contributed by atoms with van der Waals surface area (Å²) in [5.41, 5.74) is 3.95. The molecule has 142 valence electrons. The van der Waals surface area contributed by atoms with Gasteiger partial charge in [-0.2, -0.15) is 0 Å². The van der Waals surface area contributed by atoms with Crippen molar-refractivity contribution >= 4 is 11.7 Å². The van der Waals surface area contributed by atoms with Crippen LogP contribution in [-0.2, 0) is 14.4 Å². The summed E-state index contributed by atoms with van der Waals surface area (Å²) in [5, 5.41) is 1.67. The van der Waals surface area contributed by atoms with Crippen LogP contribution in [-0.4, -0.2) is 19.2 Å². The van der Waals surface area contributed by atoms with Gasteiger partial charge in [0.1, 0.15) is 5.82 Å². The molecule has 1 aliphatic heterocycles. The number of anilines is 1. The Balaban J connectivity index is 1.64. The molecule has 1 fully saturated rings. The normalized spacial score (nSPS) is 18.9. The number of benzene rings is 3. The number of methoxy groups -OCH3 is 1. The summed E-state index contributed by atoms with van der Waals surface area (Å²) < 4.78 is 18.2. The molecule has 28 heavy (non-hydrogen) atoms. The van der Waals surface area contributed by atoms with Crippen molar-refractivity contribution in [3.05, 3.63) is 90.2 Å². The highest BCUT2D eigenvalue weighted by molar-refractivity contribution is 5.75. The third kappa shape index (κ3) is 3.62. The molecule has 0 radical (unpaired) electrons. The van der Waals surface area contributed by atoms with E-state index in [1.54, 1.807) is 17.2 Å². The van der Waals surface area contributed by atoms with Gasteiger partial charge in [-0.3, -0.25) is 4.84 Å². The maximum absolute atomic E-state index is 13.3. The maximum atomic E-state index is 13.3. The number of hydrogen-bond acceptors (Lipinski definition) is 4. The number of nitrogens with zero attached hydrogens (tertiary/aromatic N) is 1. The Bertz CT molecular complexity index is 942. The van der Waals surface area contributed by atoms with E-state index in [9.17, 15) is 9.18 Å². The van der Waals surface area contributed by atoms with E-state index < -0.39 is 12.1 Å². The van der Waals surface area contributed by atoms with E-state index in [1.165, 1.54) is 19.2 Å². The van der Waals surface area contributed by atoms with Gasteiger partial charge in [0.25, 0.3) is 0 Å². The van der Waals surface area contributed by atoms with Crippen molar-refractivity contribution in [3.63, 3.8) is 0 Å². The fraction of sp³-hybridized carbons (Fsp3) is 0.174. The molecule has 4 nitrogen and oxygen atoms in total. The van der Waals surface area contributed by atoms with Crippen LogP contribution in [0.2, 0.25) is 0 Å². The van der Waals surface area contributed by atoms with E-state index in [4.69, 9.17) is 9.57 Å². The van der Waals surface area contributed by atoms with Crippen molar-refractivity contribution in [1.29, 1.82) is 0 Å². The molecule has 0 aromatic heterocycles. The van der Waals surface area contributed by atoms with Crippen LogP contribution in [0.25, 0.3) is 11.1 Å².